The van der Waals surface area contributed by atoms with Gasteiger partial charge in [0.15, 0.2) is 6.61 Å². The zero-order valence-electron chi connectivity index (χ0n) is 16.9. The maximum atomic E-state index is 12.3. The molecule has 2 amide bonds. The van der Waals surface area contributed by atoms with Gasteiger partial charge in [-0.25, -0.2) is 4.79 Å². The highest BCUT2D eigenvalue weighted by atomic mass is 35.5. The van der Waals surface area contributed by atoms with Crippen LogP contribution < -0.4 is 5.32 Å². The van der Waals surface area contributed by atoms with Crippen molar-refractivity contribution in [3.63, 3.8) is 0 Å². The zero-order chi connectivity index (χ0) is 21.8. The van der Waals surface area contributed by atoms with E-state index in [-0.39, 0.29) is 23.2 Å². The number of ether oxygens (including phenoxy) is 1. The molecule has 0 aliphatic carbocycles. The number of esters is 1. The minimum absolute atomic E-state index is 0.0843. The number of aromatic amines is 1. The minimum Gasteiger partial charge on any atom is -0.451 e. The summed E-state index contributed by atoms with van der Waals surface area (Å²) in [5.41, 5.74) is 3.37. The van der Waals surface area contributed by atoms with Crippen molar-refractivity contribution in [2.45, 2.75) is 13.8 Å². The van der Waals surface area contributed by atoms with Crippen molar-refractivity contribution in [3.8, 4) is 0 Å². The summed E-state index contributed by atoms with van der Waals surface area (Å²) in [5, 5.41) is 3.75. The van der Waals surface area contributed by atoms with Crippen molar-refractivity contribution in [3.05, 3.63) is 64.3 Å². The molecule has 0 fully saturated rings. The molecule has 0 saturated carbocycles. The smallest absolute Gasteiger partial charge is 0.356 e. The van der Waals surface area contributed by atoms with Gasteiger partial charge in [0.1, 0.15) is 5.69 Å². The summed E-state index contributed by atoms with van der Waals surface area (Å²) in [7, 11) is 1.47. The van der Waals surface area contributed by atoms with Gasteiger partial charge in [0.05, 0.1) is 11.6 Å². The summed E-state index contributed by atoms with van der Waals surface area (Å²) in [4.78, 5) is 41.0. The lowest BCUT2D eigenvalue weighted by molar-refractivity contribution is -0.136. The van der Waals surface area contributed by atoms with Gasteiger partial charge in [-0.15, -0.1) is 0 Å². The molecule has 0 spiro atoms. The van der Waals surface area contributed by atoms with E-state index in [2.05, 4.69) is 10.3 Å². The predicted octanol–water partition coefficient (Wildman–Crippen LogP) is 3.69. The molecule has 30 heavy (non-hydrogen) atoms. The van der Waals surface area contributed by atoms with Gasteiger partial charge in [-0.05, 0) is 31.0 Å². The standard InChI is InChI=1S/C22H22ClN3O4/c1-13-7-6-8-14(2)20(13)25-17(27)11-26(3)18(28)12-30-22(29)21-19(23)15-9-4-5-10-16(15)24-21/h4-10,24H,11-12H2,1-3H3,(H,25,27). The van der Waals surface area contributed by atoms with Crippen LogP contribution >= 0.6 is 11.6 Å². The number of nitrogens with one attached hydrogen (secondary N) is 2. The van der Waals surface area contributed by atoms with Gasteiger partial charge in [0.25, 0.3) is 5.91 Å². The topological polar surface area (TPSA) is 91.5 Å². The molecule has 0 saturated heterocycles. The maximum Gasteiger partial charge on any atom is 0.356 e. The summed E-state index contributed by atoms with van der Waals surface area (Å²) in [6, 6.07) is 12.9. The summed E-state index contributed by atoms with van der Waals surface area (Å²) >= 11 is 6.22. The van der Waals surface area contributed by atoms with Crippen LogP contribution in [0.5, 0.6) is 0 Å². The van der Waals surface area contributed by atoms with Crippen LogP contribution in [0.4, 0.5) is 5.69 Å². The van der Waals surface area contributed by atoms with Crippen molar-refractivity contribution in [2.75, 3.05) is 25.5 Å². The van der Waals surface area contributed by atoms with E-state index in [9.17, 15) is 14.4 Å². The normalized spacial score (nSPS) is 10.7. The number of aryl methyl sites for hydroxylation is 2. The van der Waals surface area contributed by atoms with E-state index < -0.39 is 18.5 Å². The number of para-hydroxylation sites is 2. The summed E-state index contributed by atoms with van der Waals surface area (Å²) in [6.45, 7) is 3.12. The van der Waals surface area contributed by atoms with Crippen molar-refractivity contribution in [1.29, 1.82) is 0 Å². The maximum absolute atomic E-state index is 12.3. The first kappa shape index (κ1) is 21.4. The van der Waals surface area contributed by atoms with Gasteiger partial charge in [-0.2, -0.15) is 0 Å². The average Bonchev–Trinajstić information content (AvgIpc) is 3.05. The summed E-state index contributed by atoms with van der Waals surface area (Å²) in [6.07, 6.45) is 0. The van der Waals surface area contributed by atoms with E-state index in [1.54, 1.807) is 18.2 Å². The number of halogens is 1. The molecule has 156 valence electrons. The van der Waals surface area contributed by atoms with Crippen LogP contribution in [0.1, 0.15) is 21.6 Å². The molecule has 0 atom stereocenters. The van der Waals surface area contributed by atoms with Crippen molar-refractivity contribution in [2.24, 2.45) is 0 Å². The number of carbonyl (C=O) groups excluding carboxylic acids is 3. The first-order valence-corrected chi connectivity index (χ1v) is 9.69. The Morgan fingerprint density at radius 3 is 2.40 bits per heavy atom. The molecule has 0 radical (unpaired) electrons. The number of hydrogen-bond donors (Lipinski definition) is 2. The van der Waals surface area contributed by atoms with Crippen molar-refractivity contribution < 1.29 is 19.1 Å². The summed E-state index contributed by atoms with van der Waals surface area (Å²) < 4.78 is 5.08. The number of likely N-dealkylation sites (N-methyl/N-ethyl adjacent to an activating group) is 1. The highest BCUT2D eigenvalue weighted by Gasteiger charge is 2.20. The average molecular weight is 428 g/mol. The number of rotatable bonds is 6. The number of amides is 2. The Labute approximate surface area is 179 Å². The Morgan fingerprint density at radius 2 is 1.73 bits per heavy atom. The highest BCUT2D eigenvalue weighted by molar-refractivity contribution is 6.38. The number of benzene rings is 2. The monoisotopic (exact) mass is 427 g/mol. The Hall–Kier alpha value is -3.32. The van der Waals surface area contributed by atoms with Gasteiger partial charge >= 0.3 is 5.97 Å². The molecular formula is C22H22ClN3O4. The van der Waals surface area contributed by atoms with E-state index in [1.165, 1.54) is 11.9 Å². The predicted molar refractivity (Wildman–Crippen MR) is 116 cm³/mol. The fraction of sp³-hybridized carbons (Fsp3) is 0.227. The van der Waals surface area contributed by atoms with Crippen LogP contribution in [-0.2, 0) is 14.3 Å². The van der Waals surface area contributed by atoms with Crippen LogP contribution in [0.2, 0.25) is 5.02 Å². The first-order valence-electron chi connectivity index (χ1n) is 9.31. The van der Waals surface area contributed by atoms with Gasteiger partial charge in [-0.1, -0.05) is 48.0 Å². The molecule has 0 aliphatic rings. The third-order valence-corrected chi connectivity index (χ3v) is 5.12. The lowest BCUT2D eigenvalue weighted by Crippen LogP contribution is -2.37. The molecule has 3 rings (SSSR count). The molecule has 1 heterocycles. The molecule has 3 aromatic rings. The third kappa shape index (κ3) is 4.63. The van der Waals surface area contributed by atoms with Crippen LogP contribution in [-0.4, -0.2) is 47.9 Å². The fourth-order valence-electron chi connectivity index (χ4n) is 3.05. The molecular weight excluding hydrogens is 406 g/mol. The van der Waals surface area contributed by atoms with Gasteiger partial charge < -0.3 is 19.9 Å². The second-order valence-corrected chi connectivity index (χ2v) is 7.38. The van der Waals surface area contributed by atoms with E-state index in [4.69, 9.17) is 16.3 Å². The minimum atomic E-state index is -0.738. The third-order valence-electron chi connectivity index (χ3n) is 4.73. The molecule has 2 aromatic carbocycles. The molecule has 7 nitrogen and oxygen atoms in total. The van der Waals surface area contributed by atoms with E-state index in [0.717, 1.165) is 16.8 Å². The van der Waals surface area contributed by atoms with E-state index in [0.29, 0.717) is 10.9 Å². The molecule has 0 bridgehead atoms. The van der Waals surface area contributed by atoms with Crippen LogP contribution in [0.25, 0.3) is 10.9 Å². The zero-order valence-corrected chi connectivity index (χ0v) is 17.7. The Kier molecular flexibility index (Phi) is 6.42. The van der Waals surface area contributed by atoms with E-state index >= 15 is 0 Å². The number of H-pyrrole nitrogens is 1. The molecule has 0 unspecified atom stereocenters. The lowest BCUT2D eigenvalue weighted by Gasteiger charge is -2.18. The van der Waals surface area contributed by atoms with Crippen molar-refractivity contribution >= 4 is 46.0 Å². The highest BCUT2D eigenvalue weighted by Crippen LogP contribution is 2.27. The largest absolute Gasteiger partial charge is 0.451 e. The quantitative estimate of drug-likeness (QED) is 0.587. The number of fused-ring (bicyclic) bond motifs is 1. The molecule has 0 aliphatic heterocycles. The van der Waals surface area contributed by atoms with Crippen LogP contribution in [0, 0.1) is 13.8 Å². The number of carbonyl (C=O) groups is 3. The van der Waals surface area contributed by atoms with Gasteiger partial charge in [0.2, 0.25) is 5.91 Å². The fourth-order valence-corrected chi connectivity index (χ4v) is 3.34. The van der Waals surface area contributed by atoms with Gasteiger partial charge in [-0.3, -0.25) is 9.59 Å². The first-order chi connectivity index (χ1) is 14.3. The number of anilines is 1. The number of hydrogen-bond acceptors (Lipinski definition) is 4. The van der Waals surface area contributed by atoms with Crippen molar-refractivity contribution in [1.82, 2.24) is 9.88 Å². The number of nitrogens with zero attached hydrogens (tertiary/aromatic N) is 1. The number of aromatic nitrogens is 1. The van der Waals surface area contributed by atoms with Gasteiger partial charge in [0, 0.05) is 23.6 Å². The SMILES string of the molecule is Cc1cccc(C)c1NC(=O)CN(C)C(=O)COC(=O)c1[nH]c2ccccc2c1Cl. The molecule has 8 heteroatoms. The van der Waals surface area contributed by atoms with E-state index in [1.807, 2.05) is 38.1 Å². The van der Waals surface area contributed by atoms with Crippen LogP contribution in [0.3, 0.4) is 0 Å². The molecule has 1 aromatic heterocycles. The Bertz CT molecular complexity index is 1100. The second kappa shape index (κ2) is 9.00. The van der Waals surface area contributed by atoms with Crippen LogP contribution in [0.15, 0.2) is 42.5 Å². The molecule has 2 N–H and O–H groups in total. The lowest BCUT2D eigenvalue weighted by atomic mass is 10.1. The summed E-state index contributed by atoms with van der Waals surface area (Å²) in [5.74, 6) is -1.58. The Morgan fingerprint density at radius 1 is 1.07 bits per heavy atom. The Balaban J connectivity index is 1.55. The second-order valence-electron chi connectivity index (χ2n) is 7.00.